The van der Waals surface area contributed by atoms with E-state index in [0.29, 0.717) is 5.41 Å². The fourth-order valence-corrected chi connectivity index (χ4v) is 2.11. The number of hydrogen-bond acceptors (Lipinski definition) is 1. The van der Waals surface area contributed by atoms with Crippen molar-refractivity contribution in [3.8, 4) is 0 Å². The van der Waals surface area contributed by atoms with E-state index in [1.807, 2.05) is 0 Å². The summed E-state index contributed by atoms with van der Waals surface area (Å²) in [5.41, 5.74) is 1.74. The van der Waals surface area contributed by atoms with Crippen molar-refractivity contribution in [3.05, 3.63) is 12.2 Å². The largest absolute Gasteiger partial charge is 0.384 e. The van der Waals surface area contributed by atoms with E-state index in [-0.39, 0.29) is 0 Å². The molecule has 0 aromatic heterocycles. The lowest BCUT2D eigenvalue weighted by Crippen LogP contribution is -2.37. The Morgan fingerprint density at radius 1 is 1.70 bits per heavy atom. The molecule has 1 saturated carbocycles. The maximum absolute atomic E-state index is 5.12. The van der Waals surface area contributed by atoms with E-state index in [2.05, 4.69) is 22.5 Å². The highest BCUT2D eigenvalue weighted by atomic mass is 79.9. The molecule has 0 atom stereocenters. The highest BCUT2D eigenvalue weighted by Crippen LogP contribution is 2.45. The first-order valence-corrected chi connectivity index (χ1v) is 4.56. The van der Waals surface area contributed by atoms with Gasteiger partial charge in [0.25, 0.3) is 0 Å². The smallest absolute Gasteiger partial charge is 0.0532 e. The molecule has 10 heavy (non-hydrogen) atoms. The van der Waals surface area contributed by atoms with Gasteiger partial charge in [0.2, 0.25) is 0 Å². The van der Waals surface area contributed by atoms with E-state index in [9.17, 15) is 0 Å². The first kappa shape index (κ1) is 8.28. The Balaban J connectivity index is 2.39. The lowest BCUT2D eigenvalue weighted by Gasteiger charge is -2.41. The molecule has 0 radical (unpaired) electrons. The van der Waals surface area contributed by atoms with Gasteiger partial charge in [0.15, 0.2) is 0 Å². The second-order valence-corrected chi connectivity index (χ2v) is 3.73. The molecule has 1 nitrogen and oxygen atoms in total. The quantitative estimate of drug-likeness (QED) is 0.507. The molecule has 0 unspecified atom stereocenters. The molecule has 0 aliphatic heterocycles. The van der Waals surface area contributed by atoms with Gasteiger partial charge in [-0.1, -0.05) is 28.1 Å². The van der Waals surface area contributed by atoms with Crippen molar-refractivity contribution in [2.45, 2.75) is 12.8 Å². The van der Waals surface area contributed by atoms with Crippen LogP contribution in [0.25, 0.3) is 0 Å². The Morgan fingerprint density at radius 3 is 2.60 bits per heavy atom. The lowest BCUT2D eigenvalue weighted by molar-refractivity contribution is 0.0691. The monoisotopic (exact) mass is 204 g/mol. The van der Waals surface area contributed by atoms with Crippen LogP contribution in [0.1, 0.15) is 12.8 Å². The molecule has 1 aliphatic rings. The van der Waals surface area contributed by atoms with Crippen LogP contribution in [-0.4, -0.2) is 19.0 Å². The Labute approximate surface area is 70.6 Å². The van der Waals surface area contributed by atoms with Crippen LogP contribution in [0.15, 0.2) is 12.2 Å². The van der Waals surface area contributed by atoms with E-state index in [1.54, 1.807) is 7.11 Å². The van der Waals surface area contributed by atoms with Crippen LogP contribution in [0.5, 0.6) is 0 Å². The Morgan fingerprint density at radius 2 is 2.30 bits per heavy atom. The minimum atomic E-state index is 0.381. The zero-order valence-corrected chi connectivity index (χ0v) is 7.91. The van der Waals surface area contributed by atoms with Crippen LogP contribution in [0.3, 0.4) is 0 Å². The molecular weight excluding hydrogens is 192 g/mol. The van der Waals surface area contributed by atoms with Crippen molar-refractivity contribution >= 4 is 15.9 Å². The highest BCUT2D eigenvalue weighted by molar-refractivity contribution is 9.09. The van der Waals surface area contributed by atoms with E-state index < -0.39 is 0 Å². The third-order valence-corrected chi connectivity index (χ3v) is 3.17. The predicted octanol–water partition coefficient (Wildman–Crippen LogP) is 2.36. The van der Waals surface area contributed by atoms with Crippen molar-refractivity contribution in [1.29, 1.82) is 0 Å². The molecular formula is C8H13BrO. The highest BCUT2D eigenvalue weighted by Gasteiger charge is 2.38. The van der Waals surface area contributed by atoms with Crippen LogP contribution < -0.4 is 0 Å². The van der Waals surface area contributed by atoms with E-state index in [1.165, 1.54) is 5.57 Å². The van der Waals surface area contributed by atoms with E-state index in [4.69, 9.17) is 4.74 Å². The minimum Gasteiger partial charge on any atom is -0.384 e. The SMILES string of the molecule is C=C1CC(CBr)(COC)C1. The van der Waals surface area contributed by atoms with Crippen molar-refractivity contribution in [2.24, 2.45) is 5.41 Å². The van der Waals surface area contributed by atoms with Gasteiger partial charge in [-0.15, -0.1) is 0 Å². The topological polar surface area (TPSA) is 9.23 Å². The van der Waals surface area contributed by atoms with Crippen LogP contribution >= 0.6 is 15.9 Å². The fraction of sp³-hybridized carbons (Fsp3) is 0.750. The van der Waals surface area contributed by atoms with Gasteiger partial charge in [0.1, 0.15) is 0 Å². The normalized spacial score (nSPS) is 22.4. The first-order chi connectivity index (χ1) is 4.72. The number of ether oxygens (including phenoxy) is 1. The summed E-state index contributed by atoms with van der Waals surface area (Å²) in [6.07, 6.45) is 2.26. The third-order valence-electron chi connectivity index (χ3n) is 1.98. The summed E-state index contributed by atoms with van der Waals surface area (Å²) >= 11 is 3.49. The number of rotatable bonds is 3. The summed E-state index contributed by atoms with van der Waals surface area (Å²) < 4.78 is 5.12. The van der Waals surface area contributed by atoms with Gasteiger partial charge < -0.3 is 4.74 Å². The molecule has 0 N–H and O–H groups in total. The van der Waals surface area contributed by atoms with Crippen molar-refractivity contribution in [1.82, 2.24) is 0 Å². The molecule has 1 aliphatic carbocycles. The Kier molecular flexibility index (Phi) is 2.53. The number of hydrogen-bond donors (Lipinski definition) is 0. The third kappa shape index (κ3) is 1.43. The average molecular weight is 205 g/mol. The number of halogens is 1. The summed E-state index contributed by atoms with van der Waals surface area (Å²) in [4.78, 5) is 0. The van der Waals surface area contributed by atoms with Gasteiger partial charge in [-0.3, -0.25) is 0 Å². The number of alkyl halides is 1. The minimum absolute atomic E-state index is 0.381. The zero-order valence-electron chi connectivity index (χ0n) is 6.32. The average Bonchev–Trinajstić information content (AvgIpc) is 1.84. The summed E-state index contributed by atoms with van der Waals surface area (Å²) in [6, 6.07) is 0. The summed E-state index contributed by atoms with van der Waals surface area (Å²) in [5.74, 6) is 0. The molecule has 2 heteroatoms. The molecule has 0 aromatic carbocycles. The Bertz CT molecular complexity index is 134. The molecule has 0 saturated heterocycles. The lowest BCUT2D eigenvalue weighted by atomic mass is 9.68. The second kappa shape index (κ2) is 3.05. The van der Waals surface area contributed by atoms with Gasteiger partial charge in [-0.2, -0.15) is 0 Å². The second-order valence-electron chi connectivity index (χ2n) is 3.17. The Hall–Kier alpha value is 0.180. The van der Waals surface area contributed by atoms with Crippen LogP contribution in [0.2, 0.25) is 0 Å². The molecule has 0 aromatic rings. The molecule has 0 heterocycles. The summed E-state index contributed by atoms with van der Waals surface area (Å²) in [7, 11) is 1.76. The maximum atomic E-state index is 5.12. The van der Waals surface area contributed by atoms with Crippen LogP contribution in [0, 0.1) is 5.41 Å². The molecule has 58 valence electrons. The molecule has 1 fully saturated rings. The molecule has 0 bridgehead atoms. The maximum Gasteiger partial charge on any atom is 0.0532 e. The molecule has 0 spiro atoms. The van der Waals surface area contributed by atoms with Gasteiger partial charge >= 0.3 is 0 Å². The van der Waals surface area contributed by atoms with Gasteiger partial charge in [-0.05, 0) is 12.8 Å². The van der Waals surface area contributed by atoms with Crippen molar-refractivity contribution in [2.75, 3.05) is 19.0 Å². The van der Waals surface area contributed by atoms with E-state index in [0.717, 1.165) is 24.8 Å². The zero-order chi connectivity index (χ0) is 7.61. The molecule has 0 amide bonds. The van der Waals surface area contributed by atoms with Gasteiger partial charge in [-0.25, -0.2) is 0 Å². The van der Waals surface area contributed by atoms with Crippen molar-refractivity contribution < 1.29 is 4.74 Å². The van der Waals surface area contributed by atoms with Gasteiger partial charge in [0, 0.05) is 17.9 Å². The summed E-state index contributed by atoms with van der Waals surface area (Å²) in [5, 5.41) is 1.03. The predicted molar refractivity (Wildman–Crippen MR) is 46.5 cm³/mol. The summed E-state index contributed by atoms with van der Waals surface area (Å²) in [6.45, 7) is 4.77. The van der Waals surface area contributed by atoms with E-state index >= 15 is 0 Å². The standard InChI is InChI=1S/C8H13BrO/c1-7-3-8(4-7,5-9)6-10-2/h1,3-6H2,2H3. The number of allylic oxidation sites excluding steroid dienone is 1. The van der Waals surface area contributed by atoms with Crippen LogP contribution in [0.4, 0.5) is 0 Å². The number of methoxy groups -OCH3 is 1. The van der Waals surface area contributed by atoms with Gasteiger partial charge in [0.05, 0.1) is 6.61 Å². The van der Waals surface area contributed by atoms with Crippen molar-refractivity contribution in [3.63, 3.8) is 0 Å². The van der Waals surface area contributed by atoms with Crippen LogP contribution in [-0.2, 0) is 4.74 Å². The fourth-order valence-electron chi connectivity index (χ4n) is 1.55. The molecule has 1 rings (SSSR count). The first-order valence-electron chi connectivity index (χ1n) is 3.44.